The van der Waals surface area contributed by atoms with Crippen molar-refractivity contribution in [3.63, 3.8) is 0 Å². The molecule has 0 rings (SSSR count). The van der Waals surface area contributed by atoms with Crippen molar-refractivity contribution in [2.75, 3.05) is 13.2 Å². The van der Waals surface area contributed by atoms with Gasteiger partial charge in [-0.2, -0.15) is 0 Å². The van der Waals surface area contributed by atoms with E-state index in [9.17, 15) is 0 Å². The molecule has 0 spiro atoms. The number of aliphatic hydroxyl groups is 3. The van der Waals surface area contributed by atoms with E-state index in [0.29, 0.717) is 0 Å². The van der Waals surface area contributed by atoms with Gasteiger partial charge in [-0.05, 0) is 13.3 Å². The van der Waals surface area contributed by atoms with E-state index in [4.69, 9.17) is 15.3 Å². The van der Waals surface area contributed by atoms with Gasteiger partial charge in [0.2, 0.25) is 0 Å². The standard InChI is InChI=1S/C4H9O.C3H8O2/c1-2-3-4-5;1-3(5)2-4/h5H,1-4H2;3-5H,2H2,1H3. The summed E-state index contributed by atoms with van der Waals surface area (Å²) >= 11 is 0. The van der Waals surface area contributed by atoms with Crippen molar-refractivity contribution in [3.05, 3.63) is 6.92 Å². The summed E-state index contributed by atoms with van der Waals surface area (Å²) in [5.74, 6) is 0. The second kappa shape index (κ2) is 11.6. The van der Waals surface area contributed by atoms with Crippen LogP contribution in [0.1, 0.15) is 19.8 Å². The summed E-state index contributed by atoms with van der Waals surface area (Å²) in [6, 6.07) is 0. The zero-order valence-electron chi connectivity index (χ0n) is 6.45. The monoisotopic (exact) mass is 149 g/mol. The SMILES string of the molecule is CC(O)CO.[CH2]CCCO. The molecular weight excluding hydrogens is 132 g/mol. The molecular formula is C7H17O3. The fourth-order valence-electron chi connectivity index (χ4n) is 0.112. The molecule has 0 bridgehead atoms. The summed E-state index contributed by atoms with van der Waals surface area (Å²) in [5.41, 5.74) is 0. The van der Waals surface area contributed by atoms with E-state index in [1.165, 1.54) is 6.92 Å². The summed E-state index contributed by atoms with van der Waals surface area (Å²) in [6.07, 6.45) is 1.12. The third-order valence-electron chi connectivity index (χ3n) is 0.672. The molecule has 0 amide bonds. The van der Waals surface area contributed by atoms with Crippen LogP contribution in [-0.4, -0.2) is 34.6 Å². The Morgan fingerprint density at radius 3 is 1.80 bits per heavy atom. The highest BCUT2D eigenvalue weighted by atomic mass is 16.3. The molecule has 1 atom stereocenters. The zero-order chi connectivity index (χ0) is 8.41. The van der Waals surface area contributed by atoms with E-state index < -0.39 is 6.10 Å². The zero-order valence-corrected chi connectivity index (χ0v) is 6.45. The van der Waals surface area contributed by atoms with Crippen molar-refractivity contribution in [3.8, 4) is 0 Å². The Hall–Kier alpha value is -0.120. The molecule has 0 heterocycles. The quantitative estimate of drug-likeness (QED) is 0.527. The predicted molar refractivity (Wildman–Crippen MR) is 40.4 cm³/mol. The number of aliphatic hydroxyl groups excluding tert-OH is 3. The van der Waals surface area contributed by atoms with Gasteiger partial charge in [-0.15, -0.1) is 0 Å². The lowest BCUT2D eigenvalue weighted by molar-refractivity contribution is 0.110. The van der Waals surface area contributed by atoms with Gasteiger partial charge in [0, 0.05) is 6.61 Å². The first kappa shape index (κ1) is 12.5. The molecule has 0 saturated carbocycles. The van der Waals surface area contributed by atoms with Crippen molar-refractivity contribution in [2.24, 2.45) is 0 Å². The van der Waals surface area contributed by atoms with Crippen LogP contribution < -0.4 is 0 Å². The molecule has 3 heteroatoms. The molecule has 0 aliphatic rings. The van der Waals surface area contributed by atoms with E-state index in [0.717, 1.165) is 12.8 Å². The third kappa shape index (κ3) is 24.8. The lowest BCUT2D eigenvalue weighted by Gasteiger charge is -1.90. The Bertz CT molecular complexity index is 44.1. The highest BCUT2D eigenvalue weighted by molar-refractivity contribution is 4.35. The molecule has 1 radical (unpaired) electrons. The van der Waals surface area contributed by atoms with Gasteiger partial charge in [0.25, 0.3) is 0 Å². The van der Waals surface area contributed by atoms with Crippen LogP contribution in [0.25, 0.3) is 0 Å². The van der Waals surface area contributed by atoms with E-state index in [-0.39, 0.29) is 13.2 Å². The summed E-state index contributed by atoms with van der Waals surface area (Å²) in [6.45, 7) is 5.19. The normalized spacial score (nSPS) is 11.7. The first-order valence-electron chi connectivity index (χ1n) is 3.38. The Labute approximate surface area is 62.3 Å². The second-order valence-electron chi connectivity index (χ2n) is 1.96. The fraction of sp³-hybridized carbons (Fsp3) is 0.857. The Morgan fingerprint density at radius 1 is 1.40 bits per heavy atom. The van der Waals surface area contributed by atoms with E-state index in [2.05, 4.69) is 6.92 Å². The highest BCUT2D eigenvalue weighted by Gasteiger charge is 1.83. The van der Waals surface area contributed by atoms with Gasteiger partial charge in [-0.1, -0.05) is 13.3 Å². The molecule has 63 valence electrons. The van der Waals surface area contributed by atoms with E-state index >= 15 is 0 Å². The molecule has 0 aromatic carbocycles. The van der Waals surface area contributed by atoms with Crippen LogP contribution in [0.3, 0.4) is 0 Å². The Morgan fingerprint density at radius 2 is 1.80 bits per heavy atom. The molecule has 0 fully saturated rings. The molecule has 0 saturated heterocycles. The lowest BCUT2D eigenvalue weighted by Crippen LogP contribution is -2.03. The molecule has 0 aliphatic carbocycles. The van der Waals surface area contributed by atoms with Gasteiger partial charge in [0.1, 0.15) is 0 Å². The van der Waals surface area contributed by atoms with Crippen molar-refractivity contribution in [1.82, 2.24) is 0 Å². The molecule has 0 aromatic rings. The van der Waals surface area contributed by atoms with Crippen LogP contribution in [0, 0.1) is 6.92 Å². The van der Waals surface area contributed by atoms with Crippen molar-refractivity contribution < 1.29 is 15.3 Å². The largest absolute Gasteiger partial charge is 0.396 e. The average molecular weight is 149 g/mol. The van der Waals surface area contributed by atoms with Crippen LogP contribution in [0.2, 0.25) is 0 Å². The predicted octanol–water partition coefficient (Wildman–Crippen LogP) is -0.0475. The minimum absolute atomic E-state index is 0.139. The van der Waals surface area contributed by atoms with Gasteiger partial charge in [-0.25, -0.2) is 0 Å². The van der Waals surface area contributed by atoms with Crippen molar-refractivity contribution >= 4 is 0 Å². The molecule has 0 aromatic heterocycles. The molecule has 3 nitrogen and oxygen atoms in total. The number of hydrogen-bond acceptors (Lipinski definition) is 3. The maximum absolute atomic E-state index is 8.11. The second-order valence-corrected chi connectivity index (χ2v) is 1.96. The molecule has 1 unspecified atom stereocenters. The molecule has 10 heavy (non-hydrogen) atoms. The topological polar surface area (TPSA) is 60.7 Å². The van der Waals surface area contributed by atoms with Crippen LogP contribution >= 0.6 is 0 Å². The van der Waals surface area contributed by atoms with Gasteiger partial charge < -0.3 is 15.3 Å². The van der Waals surface area contributed by atoms with E-state index in [1.807, 2.05) is 0 Å². The number of rotatable bonds is 3. The van der Waals surface area contributed by atoms with Gasteiger partial charge in [-0.3, -0.25) is 0 Å². The third-order valence-corrected chi connectivity index (χ3v) is 0.672. The maximum Gasteiger partial charge on any atom is 0.0742 e. The van der Waals surface area contributed by atoms with Gasteiger partial charge in [0.05, 0.1) is 12.7 Å². The Kier molecular flexibility index (Phi) is 14.6. The van der Waals surface area contributed by atoms with Gasteiger partial charge >= 0.3 is 0 Å². The van der Waals surface area contributed by atoms with Crippen molar-refractivity contribution in [2.45, 2.75) is 25.9 Å². The summed E-state index contributed by atoms with van der Waals surface area (Å²) in [7, 11) is 0. The minimum atomic E-state index is -0.560. The number of unbranched alkanes of at least 4 members (excludes halogenated alkanes) is 1. The first-order valence-corrected chi connectivity index (χ1v) is 3.38. The fourth-order valence-corrected chi connectivity index (χ4v) is 0.112. The summed E-state index contributed by atoms with van der Waals surface area (Å²) in [4.78, 5) is 0. The summed E-state index contributed by atoms with van der Waals surface area (Å²) < 4.78 is 0. The Balaban J connectivity index is 0. The van der Waals surface area contributed by atoms with Crippen LogP contribution in [0.5, 0.6) is 0 Å². The van der Waals surface area contributed by atoms with E-state index in [1.54, 1.807) is 0 Å². The van der Waals surface area contributed by atoms with Crippen LogP contribution in [0.4, 0.5) is 0 Å². The van der Waals surface area contributed by atoms with Crippen LogP contribution in [0.15, 0.2) is 0 Å². The van der Waals surface area contributed by atoms with Crippen molar-refractivity contribution in [1.29, 1.82) is 0 Å². The maximum atomic E-state index is 8.11. The lowest BCUT2D eigenvalue weighted by atomic mass is 10.4. The summed E-state index contributed by atoms with van der Waals surface area (Å²) in [5, 5.41) is 24.0. The van der Waals surface area contributed by atoms with Gasteiger partial charge in [0.15, 0.2) is 0 Å². The smallest absolute Gasteiger partial charge is 0.0742 e. The average Bonchev–Trinajstić information content (AvgIpc) is 1.91. The molecule has 3 N–H and O–H groups in total. The first-order chi connectivity index (χ1) is 4.68. The highest BCUT2D eigenvalue weighted by Crippen LogP contribution is 1.78. The number of hydrogen-bond donors (Lipinski definition) is 3. The minimum Gasteiger partial charge on any atom is -0.396 e. The molecule has 0 aliphatic heterocycles. The van der Waals surface area contributed by atoms with Crippen LogP contribution in [-0.2, 0) is 0 Å².